The first-order chi connectivity index (χ1) is 22.8. The zero-order valence-corrected chi connectivity index (χ0v) is 27.2. The number of amides is 3. The number of hydroxylamine groups is 1. The number of alkyl carbamates (subject to hydrolysis) is 1. The second-order valence-corrected chi connectivity index (χ2v) is 10.8. The number of nitrogens with one attached hydrogen (secondary N) is 2. The lowest BCUT2D eigenvalue weighted by molar-refractivity contribution is -0.129. The van der Waals surface area contributed by atoms with E-state index in [1.54, 1.807) is 40.7 Å². The Balaban J connectivity index is 1.95. The molecule has 0 saturated heterocycles. The molecule has 0 aliphatic carbocycles. The molecule has 3 N–H and O–H groups in total. The van der Waals surface area contributed by atoms with Gasteiger partial charge in [-0.15, -0.1) is 0 Å². The van der Waals surface area contributed by atoms with Crippen molar-refractivity contribution < 1.29 is 38.6 Å². The molecule has 2 aromatic rings. The molecule has 3 amide bonds. The van der Waals surface area contributed by atoms with E-state index in [1.807, 2.05) is 26.0 Å². The summed E-state index contributed by atoms with van der Waals surface area (Å²) in [5.41, 5.74) is 13.7. The monoisotopic (exact) mass is 654 g/mol. The predicted molar refractivity (Wildman–Crippen MR) is 174 cm³/mol. The number of hydrogen-bond acceptors (Lipinski definition) is 9. The number of carbonyl (C=O) groups excluding carboxylic acids is 4. The van der Waals surface area contributed by atoms with Crippen molar-refractivity contribution in [2.75, 3.05) is 46.1 Å². The summed E-state index contributed by atoms with van der Waals surface area (Å²) in [6, 6.07) is 12.3. The van der Waals surface area contributed by atoms with E-state index in [9.17, 15) is 19.2 Å². The molecule has 47 heavy (non-hydrogen) atoms. The van der Waals surface area contributed by atoms with E-state index >= 15 is 0 Å². The number of rotatable bonds is 23. The Kier molecular flexibility index (Phi) is 18.9. The number of ether oxygens (including phenoxy) is 3. The van der Waals surface area contributed by atoms with E-state index in [2.05, 4.69) is 15.3 Å². The Morgan fingerprint density at radius 3 is 2.30 bits per heavy atom. The fourth-order valence-electron chi connectivity index (χ4n) is 4.56. The minimum Gasteiger partial charge on any atom is -0.447 e. The van der Waals surface area contributed by atoms with E-state index in [-0.39, 0.29) is 57.4 Å². The summed E-state index contributed by atoms with van der Waals surface area (Å²) in [4.78, 5) is 53.8. The average Bonchev–Trinajstić information content (AvgIpc) is 3.06. The van der Waals surface area contributed by atoms with Gasteiger partial charge in [0.1, 0.15) is 12.4 Å². The van der Waals surface area contributed by atoms with Gasteiger partial charge in [-0.3, -0.25) is 19.6 Å². The fraction of sp³-hybridized carbons (Fsp3) is 0.515. The highest BCUT2D eigenvalue weighted by molar-refractivity contribution is 5.94. The number of hydrogen-bond donors (Lipinski definition) is 3. The van der Waals surface area contributed by atoms with Gasteiger partial charge in [0.2, 0.25) is 5.91 Å². The lowest BCUT2D eigenvalue weighted by atomic mass is 10.0. The van der Waals surface area contributed by atoms with E-state index < -0.39 is 12.0 Å². The van der Waals surface area contributed by atoms with E-state index in [4.69, 9.17) is 24.9 Å². The van der Waals surface area contributed by atoms with Gasteiger partial charge in [-0.25, -0.2) is 10.3 Å². The fourth-order valence-corrected chi connectivity index (χ4v) is 4.56. The molecule has 0 saturated carbocycles. The molecule has 0 atom stereocenters. The normalized spacial score (nSPS) is 10.5. The van der Waals surface area contributed by atoms with Crippen LogP contribution in [0, 0.1) is 6.92 Å². The van der Waals surface area contributed by atoms with Crippen LogP contribution in [0.15, 0.2) is 47.6 Å². The number of nitrogens with zero attached hydrogens (tertiary/aromatic N) is 4. The lowest BCUT2D eigenvalue weighted by Crippen LogP contribution is -2.38. The van der Waals surface area contributed by atoms with E-state index in [1.165, 1.54) is 0 Å². The third kappa shape index (κ3) is 16.1. The summed E-state index contributed by atoms with van der Waals surface area (Å²) in [6.07, 6.45) is 3.27. The number of carbonyl (C=O) groups is 4. The third-order valence-electron chi connectivity index (χ3n) is 7.11. The van der Waals surface area contributed by atoms with Crippen molar-refractivity contribution >= 4 is 29.4 Å². The highest BCUT2D eigenvalue weighted by Gasteiger charge is 2.18. The first-order valence-corrected chi connectivity index (χ1v) is 15.8. The van der Waals surface area contributed by atoms with Crippen molar-refractivity contribution in [3.8, 4) is 0 Å². The summed E-state index contributed by atoms with van der Waals surface area (Å²) in [6.45, 7) is 6.01. The van der Waals surface area contributed by atoms with Crippen molar-refractivity contribution in [3.63, 3.8) is 0 Å². The highest BCUT2D eigenvalue weighted by Crippen LogP contribution is 2.22. The van der Waals surface area contributed by atoms with Gasteiger partial charge in [-0.05, 0) is 67.1 Å². The van der Waals surface area contributed by atoms with Gasteiger partial charge in [0.05, 0.1) is 19.8 Å². The van der Waals surface area contributed by atoms with Crippen molar-refractivity contribution in [1.29, 1.82) is 0 Å². The summed E-state index contributed by atoms with van der Waals surface area (Å²) in [5, 5.41) is 14.9. The van der Waals surface area contributed by atoms with Crippen LogP contribution in [0.5, 0.6) is 0 Å². The summed E-state index contributed by atoms with van der Waals surface area (Å²) in [5.74, 6) is -0.602. The van der Waals surface area contributed by atoms with Crippen LogP contribution in [0.2, 0.25) is 0 Å². The smallest absolute Gasteiger partial charge is 0.407 e. The molecule has 0 bridgehead atoms. The van der Waals surface area contributed by atoms with Gasteiger partial charge in [0.15, 0.2) is 0 Å². The highest BCUT2D eigenvalue weighted by atomic mass is 16.6. The maximum absolute atomic E-state index is 13.6. The molecule has 14 heteroatoms. The maximum atomic E-state index is 13.6. The largest absolute Gasteiger partial charge is 0.447 e. The van der Waals surface area contributed by atoms with Gasteiger partial charge >= 0.3 is 6.09 Å². The van der Waals surface area contributed by atoms with Crippen molar-refractivity contribution in [2.24, 2.45) is 5.11 Å². The Bertz CT molecular complexity index is 1330. The number of aryl methyl sites for hydroxylation is 1. The van der Waals surface area contributed by atoms with Crippen LogP contribution < -0.4 is 10.8 Å². The first kappa shape index (κ1) is 38.7. The number of Topliss-reactive ketones (excluding diaryl/α,β-unsaturated/α-hetero) is 1. The van der Waals surface area contributed by atoms with Crippen molar-refractivity contribution in [1.82, 2.24) is 15.7 Å². The van der Waals surface area contributed by atoms with Crippen LogP contribution in [0.3, 0.4) is 0 Å². The molecule has 0 fully saturated rings. The van der Waals surface area contributed by atoms with Crippen LogP contribution in [0.4, 0.5) is 10.5 Å². The second-order valence-electron chi connectivity index (χ2n) is 10.8. The van der Waals surface area contributed by atoms with Crippen LogP contribution in [0.1, 0.15) is 72.5 Å². The van der Waals surface area contributed by atoms with Crippen LogP contribution in [-0.4, -0.2) is 79.9 Å². The molecule has 2 aromatic carbocycles. The Labute approximate surface area is 275 Å². The SMILES string of the molecule is CCOCCOCCOC(=O)NCCN(Cc1ccc(C)c(N=[N+]=[N-])c1)C(=O)c1ccc(CC(=O)CCCCCCC(=O)NO)cc1. The average molecular weight is 655 g/mol. The summed E-state index contributed by atoms with van der Waals surface area (Å²) in [7, 11) is 0. The van der Waals surface area contributed by atoms with Crippen molar-refractivity contribution in [3.05, 3.63) is 75.2 Å². The molecular weight excluding hydrogens is 608 g/mol. The minimum absolute atomic E-state index is 0.0759. The quantitative estimate of drug-likeness (QED) is 0.0358. The van der Waals surface area contributed by atoms with Crippen molar-refractivity contribution in [2.45, 2.75) is 65.3 Å². The zero-order valence-electron chi connectivity index (χ0n) is 27.2. The number of azide groups is 1. The van der Waals surface area contributed by atoms with Gasteiger partial charge < -0.3 is 24.4 Å². The Morgan fingerprint density at radius 1 is 0.915 bits per heavy atom. The molecule has 0 radical (unpaired) electrons. The molecular formula is C33H46N6O8. The molecule has 0 spiro atoms. The molecule has 256 valence electrons. The van der Waals surface area contributed by atoms with E-state index in [0.29, 0.717) is 43.9 Å². The molecule has 14 nitrogen and oxygen atoms in total. The standard InChI is InChI=1S/C33H46N6O8/c1-3-45-18-19-46-20-21-47-33(43)35-16-17-39(24-27-11-10-25(2)30(23-27)36-38-34)32(42)28-14-12-26(13-15-28)22-29(40)8-6-4-5-7-9-31(41)37-44/h10-15,23,44H,3-9,16-22,24H2,1-2H3,(H,35,43)(H,37,41). The Morgan fingerprint density at radius 2 is 1.60 bits per heavy atom. The maximum Gasteiger partial charge on any atom is 0.407 e. The molecule has 0 aromatic heterocycles. The zero-order chi connectivity index (χ0) is 34.3. The molecule has 2 rings (SSSR count). The number of unbranched alkanes of at least 4 members (excludes halogenated alkanes) is 3. The molecule has 0 unspecified atom stereocenters. The van der Waals surface area contributed by atoms with Crippen LogP contribution in [-0.2, 0) is 36.8 Å². The number of benzene rings is 2. The molecule has 0 aliphatic rings. The summed E-state index contributed by atoms with van der Waals surface area (Å²) >= 11 is 0. The van der Waals surface area contributed by atoms with Gasteiger partial charge in [0, 0.05) is 61.7 Å². The molecule has 0 heterocycles. The van der Waals surface area contributed by atoms with E-state index in [0.717, 1.165) is 36.0 Å². The predicted octanol–water partition coefficient (Wildman–Crippen LogP) is 5.32. The minimum atomic E-state index is -0.630. The third-order valence-corrected chi connectivity index (χ3v) is 7.11. The van der Waals surface area contributed by atoms with Crippen LogP contribution >= 0.6 is 0 Å². The lowest BCUT2D eigenvalue weighted by Gasteiger charge is -2.24. The van der Waals surface area contributed by atoms with Gasteiger partial charge in [-0.1, -0.05) is 42.2 Å². The Hall–Kier alpha value is -4.49. The van der Waals surface area contributed by atoms with Gasteiger partial charge in [0.25, 0.3) is 5.91 Å². The number of ketones is 1. The van der Waals surface area contributed by atoms with Gasteiger partial charge in [-0.2, -0.15) is 0 Å². The van der Waals surface area contributed by atoms with Crippen LogP contribution in [0.25, 0.3) is 10.4 Å². The second kappa shape index (κ2) is 22.9. The summed E-state index contributed by atoms with van der Waals surface area (Å²) < 4.78 is 15.6. The first-order valence-electron chi connectivity index (χ1n) is 15.8. The molecule has 0 aliphatic heterocycles. The topological polar surface area (TPSA) is 192 Å².